The lowest BCUT2D eigenvalue weighted by atomic mass is 9.94. The lowest BCUT2D eigenvalue weighted by Gasteiger charge is -2.22. The van der Waals surface area contributed by atoms with Crippen molar-refractivity contribution >= 4 is 0 Å². The summed E-state index contributed by atoms with van der Waals surface area (Å²) in [5.41, 5.74) is 4.07. The first-order chi connectivity index (χ1) is 13.1. The molecule has 0 spiro atoms. The zero-order chi connectivity index (χ0) is 20.4. The van der Waals surface area contributed by atoms with Gasteiger partial charge in [0.25, 0.3) is 0 Å². The Morgan fingerprint density at radius 2 is 1.07 bits per heavy atom. The summed E-state index contributed by atoms with van der Waals surface area (Å²) in [6.45, 7) is 12.3. The Kier molecular flexibility index (Phi) is 5.51. The minimum absolute atomic E-state index is 0.204. The fraction of sp³-hybridized carbons (Fsp3) is 0.308. The van der Waals surface area contributed by atoms with Crippen molar-refractivity contribution in [2.45, 2.75) is 52.7 Å². The van der Waals surface area contributed by atoms with E-state index in [4.69, 9.17) is 9.47 Å². The van der Waals surface area contributed by atoms with Gasteiger partial charge in [0.05, 0.1) is 0 Å². The molecule has 0 atom stereocenters. The number of rotatable bonds is 4. The van der Waals surface area contributed by atoms with Crippen LogP contribution >= 0.6 is 0 Å². The van der Waals surface area contributed by atoms with Crippen LogP contribution in [0.1, 0.15) is 41.5 Å². The van der Waals surface area contributed by atoms with Gasteiger partial charge in [0.15, 0.2) is 0 Å². The molecule has 0 heterocycles. The third-order valence-corrected chi connectivity index (χ3v) is 4.01. The molecule has 3 aromatic carbocycles. The van der Waals surface area contributed by atoms with Crippen LogP contribution in [0.5, 0.6) is 11.5 Å². The highest BCUT2D eigenvalue weighted by molar-refractivity contribution is 5.83. The second-order valence-corrected chi connectivity index (χ2v) is 8.94. The molecule has 0 saturated heterocycles. The van der Waals surface area contributed by atoms with E-state index in [1.54, 1.807) is 0 Å². The van der Waals surface area contributed by atoms with Crippen molar-refractivity contribution < 1.29 is 9.47 Å². The average molecular weight is 374 g/mol. The molecule has 3 rings (SSSR count). The molecule has 2 heteroatoms. The molecule has 0 N–H and O–H groups in total. The molecular formula is C26H29O2. The van der Waals surface area contributed by atoms with Gasteiger partial charge in [-0.2, -0.15) is 0 Å². The Hall–Kier alpha value is -2.74. The monoisotopic (exact) mass is 373 g/mol. The van der Waals surface area contributed by atoms with Crippen LogP contribution in [0.25, 0.3) is 22.3 Å². The predicted molar refractivity (Wildman–Crippen MR) is 117 cm³/mol. The lowest BCUT2D eigenvalue weighted by molar-refractivity contribution is 0.130. The molecule has 0 fully saturated rings. The molecule has 1 radical (unpaired) electrons. The molecular weight excluding hydrogens is 344 g/mol. The van der Waals surface area contributed by atoms with E-state index in [1.165, 1.54) is 0 Å². The van der Waals surface area contributed by atoms with Crippen LogP contribution in [0.3, 0.4) is 0 Å². The van der Waals surface area contributed by atoms with Crippen molar-refractivity contribution in [2.75, 3.05) is 0 Å². The summed E-state index contributed by atoms with van der Waals surface area (Å²) in [5.74, 6) is 1.75. The number of hydrogen-bond acceptors (Lipinski definition) is 2. The highest BCUT2D eigenvalue weighted by Crippen LogP contribution is 2.34. The van der Waals surface area contributed by atoms with Gasteiger partial charge in [0, 0.05) is 0 Å². The van der Waals surface area contributed by atoms with Crippen molar-refractivity contribution in [3.8, 4) is 33.8 Å². The fourth-order valence-corrected chi connectivity index (χ4v) is 3.02. The van der Waals surface area contributed by atoms with Gasteiger partial charge in [-0.25, -0.2) is 0 Å². The Balaban J connectivity index is 1.89. The molecule has 0 aliphatic carbocycles. The Bertz CT molecular complexity index is 830. The zero-order valence-corrected chi connectivity index (χ0v) is 17.7. The van der Waals surface area contributed by atoms with Gasteiger partial charge in [0.1, 0.15) is 22.7 Å². The van der Waals surface area contributed by atoms with Crippen molar-refractivity contribution in [3.63, 3.8) is 0 Å². The van der Waals surface area contributed by atoms with Crippen LogP contribution in [0.4, 0.5) is 0 Å². The summed E-state index contributed by atoms with van der Waals surface area (Å²) < 4.78 is 11.9. The minimum atomic E-state index is -0.206. The molecule has 3 aromatic rings. The van der Waals surface area contributed by atoms with Gasteiger partial charge in [-0.3, -0.25) is 0 Å². The summed E-state index contributed by atoms with van der Waals surface area (Å²) in [5, 5.41) is 0. The molecule has 0 bridgehead atoms. The minimum Gasteiger partial charge on any atom is -0.488 e. The van der Waals surface area contributed by atoms with E-state index in [-0.39, 0.29) is 11.2 Å². The molecule has 145 valence electrons. The maximum absolute atomic E-state index is 5.94. The smallest absolute Gasteiger partial charge is 0.120 e. The van der Waals surface area contributed by atoms with Crippen LogP contribution in [-0.4, -0.2) is 11.2 Å². The molecule has 0 aliphatic rings. The van der Waals surface area contributed by atoms with Gasteiger partial charge in [-0.15, -0.1) is 0 Å². The second kappa shape index (κ2) is 7.71. The predicted octanol–water partition coefficient (Wildman–Crippen LogP) is 7.18. The van der Waals surface area contributed by atoms with Crippen LogP contribution in [0.15, 0.2) is 66.7 Å². The standard InChI is InChI=1S/C26H29O2/c1-25(2,3)27-21-15-11-19(12-16-21)23-9-7-8-10-24(23)20-13-17-22(18-14-20)28-26(4,5)6/h7-9,11-18H,1-6H3. The molecule has 0 unspecified atom stereocenters. The highest BCUT2D eigenvalue weighted by Gasteiger charge is 2.14. The Labute approximate surface area is 169 Å². The molecule has 0 amide bonds. The molecule has 28 heavy (non-hydrogen) atoms. The normalized spacial score (nSPS) is 11.9. The lowest BCUT2D eigenvalue weighted by Crippen LogP contribution is -2.22. The maximum Gasteiger partial charge on any atom is 0.120 e. The van der Waals surface area contributed by atoms with Crippen LogP contribution in [0, 0.1) is 6.07 Å². The maximum atomic E-state index is 5.94. The van der Waals surface area contributed by atoms with Gasteiger partial charge in [-0.05, 0) is 94.1 Å². The summed E-state index contributed by atoms with van der Waals surface area (Å²) >= 11 is 0. The number of hydrogen-bond donors (Lipinski definition) is 0. The number of ether oxygens (including phenoxy) is 2. The quantitative estimate of drug-likeness (QED) is 0.482. The average Bonchev–Trinajstić information content (AvgIpc) is 2.60. The van der Waals surface area contributed by atoms with E-state index >= 15 is 0 Å². The van der Waals surface area contributed by atoms with Gasteiger partial charge in [0.2, 0.25) is 0 Å². The first-order valence-electron chi connectivity index (χ1n) is 9.70. The van der Waals surface area contributed by atoms with E-state index in [2.05, 4.69) is 77.9 Å². The second-order valence-electron chi connectivity index (χ2n) is 8.94. The molecule has 0 saturated carbocycles. The largest absolute Gasteiger partial charge is 0.488 e. The number of benzene rings is 3. The van der Waals surface area contributed by atoms with Crippen molar-refractivity contribution in [3.05, 3.63) is 72.8 Å². The topological polar surface area (TPSA) is 18.5 Å². The first kappa shape index (κ1) is 20.0. The van der Waals surface area contributed by atoms with E-state index in [0.29, 0.717) is 0 Å². The van der Waals surface area contributed by atoms with Gasteiger partial charge >= 0.3 is 0 Å². The van der Waals surface area contributed by atoms with Gasteiger partial charge < -0.3 is 9.47 Å². The molecule has 0 aliphatic heterocycles. The zero-order valence-electron chi connectivity index (χ0n) is 17.7. The van der Waals surface area contributed by atoms with E-state index in [1.807, 2.05) is 36.4 Å². The summed E-state index contributed by atoms with van der Waals surface area (Å²) in [6, 6.07) is 26.0. The van der Waals surface area contributed by atoms with Crippen LogP contribution in [0.2, 0.25) is 0 Å². The van der Waals surface area contributed by atoms with Crippen molar-refractivity contribution in [1.29, 1.82) is 0 Å². The third kappa shape index (κ3) is 5.39. The summed E-state index contributed by atoms with van der Waals surface area (Å²) in [6.07, 6.45) is 0. The highest BCUT2D eigenvalue weighted by atomic mass is 16.5. The van der Waals surface area contributed by atoms with E-state index in [0.717, 1.165) is 33.8 Å². The fourth-order valence-electron chi connectivity index (χ4n) is 3.02. The Morgan fingerprint density at radius 3 is 1.54 bits per heavy atom. The van der Waals surface area contributed by atoms with E-state index < -0.39 is 0 Å². The molecule has 2 nitrogen and oxygen atoms in total. The molecule has 0 aromatic heterocycles. The van der Waals surface area contributed by atoms with Gasteiger partial charge in [-0.1, -0.05) is 42.5 Å². The van der Waals surface area contributed by atoms with E-state index in [9.17, 15) is 0 Å². The van der Waals surface area contributed by atoms with Crippen LogP contribution in [-0.2, 0) is 0 Å². The summed E-state index contributed by atoms with van der Waals surface area (Å²) in [4.78, 5) is 0. The first-order valence-corrected chi connectivity index (χ1v) is 9.70. The van der Waals surface area contributed by atoms with Crippen molar-refractivity contribution in [1.82, 2.24) is 0 Å². The van der Waals surface area contributed by atoms with Crippen molar-refractivity contribution in [2.24, 2.45) is 0 Å². The Morgan fingerprint density at radius 1 is 0.607 bits per heavy atom. The summed E-state index contributed by atoms with van der Waals surface area (Å²) in [7, 11) is 0. The van der Waals surface area contributed by atoms with Crippen LogP contribution < -0.4 is 9.47 Å². The SMILES string of the molecule is CC(C)(C)Oc1ccc(-c2[c]cccc2-c2ccc(OC(C)(C)C)cc2)cc1. The third-order valence-electron chi connectivity index (χ3n) is 4.01.